The van der Waals surface area contributed by atoms with E-state index in [4.69, 9.17) is 17.3 Å². The molecule has 0 unspecified atom stereocenters. The SMILES string of the molecule is CC[C@H]1CCCCN1Cn1nc2n(CCC(C)C)c(=O)c3ccccc3n2c1=S. The number of nitrogens with zero attached hydrogens (tertiary/aromatic N) is 5. The standard InChI is InChI=1S/C22H31N5OS/c1-4-17-9-7-8-13-24(17)15-26-22(29)27-19-11-6-5-10-18(19)20(28)25(21(27)23-26)14-12-16(2)3/h5-6,10-11,16-17H,4,7-9,12-15H2,1-3H3/t17-/m0/s1. The van der Waals surface area contributed by atoms with Crippen LogP contribution in [0, 0.1) is 10.7 Å². The molecular weight excluding hydrogens is 382 g/mol. The number of aryl methyl sites for hydroxylation is 1. The number of para-hydroxylation sites is 1. The predicted molar refractivity (Wildman–Crippen MR) is 120 cm³/mol. The number of aromatic nitrogens is 4. The largest absolute Gasteiger partial charge is 0.281 e. The molecule has 0 spiro atoms. The molecule has 7 heteroatoms. The van der Waals surface area contributed by atoms with E-state index in [1.54, 1.807) is 0 Å². The lowest BCUT2D eigenvalue weighted by molar-refractivity contribution is 0.101. The lowest BCUT2D eigenvalue weighted by Crippen LogP contribution is -2.40. The molecule has 1 atom stereocenters. The highest BCUT2D eigenvalue weighted by molar-refractivity contribution is 7.71. The van der Waals surface area contributed by atoms with Gasteiger partial charge < -0.3 is 0 Å². The first kappa shape index (κ1) is 20.3. The third-order valence-corrected chi connectivity index (χ3v) is 6.54. The molecule has 1 saturated heterocycles. The van der Waals surface area contributed by atoms with E-state index in [1.807, 2.05) is 37.9 Å². The fourth-order valence-corrected chi connectivity index (χ4v) is 4.71. The van der Waals surface area contributed by atoms with Crippen molar-refractivity contribution in [2.45, 2.75) is 72.1 Å². The van der Waals surface area contributed by atoms with Gasteiger partial charge in [0.1, 0.15) is 0 Å². The summed E-state index contributed by atoms with van der Waals surface area (Å²) in [5, 5.41) is 5.56. The van der Waals surface area contributed by atoms with Gasteiger partial charge in [-0.15, -0.1) is 5.10 Å². The number of benzene rings is 1. The van der Waals surface area contributed by atoms with Gasteiger partial charge in [0, 0.05) is 19.1 Å². The molecule has 2 aromatic heterocycles. The molecule has 0 amide bonds. The number of likely N-dealkylation sites (tertiary alicyclic amines) is 1. The number of piperidine rings is 1. The van der Waals surface area contributed by atoms with Crippen molar-refractivity contribution in [3.63, 3.8) is 0 Å². The summed E-state index contributed by atoms with van der Waals surface area (Å²) in [4.78, 5) is 15.7. The van der Waals surface area contributed by atoms with Crippen molar-refractivity contribution >= 4 is 28.9 Å². The Morgan fingerprint density at radius 3 is 2.79 bits per heavy atom. The summed E-state index contributed by atoms with van der Waals surface area (Å²) in [5.74, 6) is 1.17. The Morgan fingerprint density at radius 2 is 2.03 bits per heavy atom. The first-order valence-electron chi connectivity index (χ1n) is 10.9. The van der Waals surface area contributed by atoms with E-state index in [0.717, 1.165) is 24.9 Å². The molecule has 0 bridgehead atoms. The molecule has 0 aliphatic carbocycles. The molecule has 1 aliphatic rings. The van der Waals surface area contributed by atoms with E-state index in [0.29, 0.717) is 41.1 Å². The molecule has 156 valence electrons. The second-order valence-corrected chi connectivity index (χ2v) is 8.95. The Balaban J connectivity index is 1.87. The van der Waals surface area contributed by atoms with E-state index in [2.05, 4.69) is 25.7 Å². The molecule has 4 rings (SSSR count). The minimum absolute atomic E-state index is 0.0188. The zero-order chi connectivity index (χ0) is 20.5. The van der Waals surface area contributed by atoms with Crippen molar-refractivity contribution in [3.8, 4) is 0 Å². The predicted octanol–water partition coefficient (Wildman–Crippen LogP) is 4.45. The number of fused-ring (bicyclic) bond motifs is 3. The maximum atomic E-state index is 13.2. The number of hydrogen-bond acceptors (Lipinski definition) is 4. The molecule has 3 aromatic rings. The highest BCUT2D eigenvalue weighted by atomic mass is 32.1. The Morgan fingerprint density at radius 1 is 1.24 bits per heavy atom. The van der Waals surface area contributed by atoms with Crippen LogP contribution in [0.3, 0.4) is 0 Å². The van der Waals surface area contributed by atoms with Gasteiger partial charge in [-0.3, -0.25) is 18.7 Å². The van der Waals surface area contributed by atoms with Crippen molar-refractivity contribution < 1.29 is 0 Å². The minimum Gasteiger partial charge on any atom is -0.281 e. The molecule has 0 radical (unpaired) electrons. The second kappa shape index (κ2) is 8.40. The lowest BCUT2D eigenvalue weighted by atomic mass is 10.0. The first-order chi connectivity index (χ1) is 14.0. The van der Waals surface area contributed by atoms with Crippen LogP contribution in [0.5, 0.6) is 0 Å². The van der Waals surface area contributed by atoms with Gasteiger partial charge in [0.05, 0.1) is 17.6 Å². The van der Waals surface area contributed by atoms with Gasteiger partial charge >= 0.3 is 0 Å². The van der Waals surface area contributed by atoms with Crippen molar-refractivity contribution in [2.24, 2.45) is 5.92 Å². The summed E-state index contributed by atoms with van der Waals surface area (Å²) in [7, 11) is 0. The fraction of sp³-hybridized carbons (Fsp3) is 0.591. The van der Waals surface area contributed by atoms with E-state index in [1.165, 1.54) is 19.3 Å². The Kier molecular flexibility index (Phi) is 5.88. The Bertz CT molecular complexity index is 1130. The summed E-state index contributed by atoms with van der Waals surface area (Å²) >= 11 is 5.86. The first-order valence-corrected chi connectivity index (χ1v) is 11.3. The van der Waals surface area contributed by atoms with Gasteiger partial charge in [-0.05, 0) is 56.0 Å². The molecule has 0 N–H and O–H groups in total. The molecule has 1 aromatic carbocycles. The zero-order valence-corrected chi connectivity index (χ0v) is 18.5. The highest BCUT2D eigenvalue weighted by Crippen LogP contribution is 2.21. The molecular formula is C22H31N5OS. The van der Waals surface area contributed by atoms with Crippen LogP contribution in [0.1, 0.15) is 52.9 Å². The third kappa shape index (κ3) is 3.78. The summed E-state index contributed by atoms with van der Waals surface area (Å²) in [5.41, 5.74) is 0.862. The maximum Gasteiger partial charge on any atom is 0.262 e. The quantitative estimate of drug-likeness (QED) is 0.560. The number of hydrogen-bond donors (Lipinski definition) is 0. The van der Waals surface area contributed by atoms with Crippen LogP contribution in [0.4, 0.5) is 0 Å². The summed E-state index contributed by atoms with van der Waals surface area (Å²) < 4.78 is 6.37. The average molecular weight is 414 g/mol. The summed E-state index contributed by atoms with van der Waals surface area (Å²) in [6, 6.07) is 8.30. The lowest BCUT2D eigenvalue weighted by Gasteiger charge is -2.34. The molecule has 6 nitrogen and oxygen atoms in total. The van der Waals surface area contributed by atoms with Gasteiger partial charge in [-0.2, -0.15) is 0 Å². The molecule has 1 aliphatic heterocycles. The van der Waals surface area contributed by atoms with Crippen molar-refractivity contribution in [1.82, 2.24) is 23.6 Å². The van der Waals surface area contributed by atoms with Crippen LogP contribution in [-0.4, -0.2) is 36.2 Å². The topological polar surface area (TPSA) is 47.5 Å². The van der Waals surface area contributed by atoms with Gasteiger partial charge in [0.15, 0.2) is 0 Å². The van der Waals surface area contributed by atoms with Crippen LogP contribution < -0.4 is 5.56 Å². The van der Waals surface area contributed by atoms with Gasteiger partial charge in [0.25, 0.3) is 5.56 Å². The molecule has 3 heterocycles. The smallest absolute Gasteiger partial charge is 0.262 e. The number of rotatable bonds is 6. The van der Waals surface area contributed by atoms with Crippen molar-refractivity contribution in [2.75, 3.05) is 6.54 Å². The summed E-state index contributed by atoms with van der Waals surface area (Å²) in [6.07, 6.45) is 5.82. The second-order valence-electron chi connectivity index (χ2n) is 8.59. The van der Waals surface area contributed by atoms with E-state index in [9.17, 15) is 4.79 Å². The minimum atomic E-state index is 0.0188. The molecule has 0 saturated carbocycles. The average Bonchev–Trinajstić information content (AvgIpc) is 3.04. The maximum absolute atomic E-state index is 13.2. The van der Waals surface area contributed by atoms with Crippen molar-refractivity contribution in [1.29, 1.82) is 0 Å². The fourth-order valence-electron chi connectivity index (χ4n) is 4.43. The molecule has 29 heavy (non-hydrogen) atoms. The van der Waals surface area contributed by atoms with Gasteiger partial charge in [-0.25, -0.2) is 4.68 Å². The normalized spacial score (nSPS) is 18.3. The van der Waals surface area contributed by atoms with Crippen LogP contribution in [-0.2, 0) is 13.2 Å². The van der Waals surface area contributed by atoms with Gasteiger partial charge in [0.2, 0.25) is 10.5 Å². The van der Waals surface area contributed by atoms with Gasteiger partial charge in [-0.1, -0.05) is 39.3 Å². The van der Waals surface area contributed by atoms with Crippen LogP contribution >= 0.6 is 12.2 Å². The highest BCUT2D eigenvalue weighted by Gasteiger charge is 2.23. The van der Waals surface area contributed by atoms with Crippen LogP contribution in [0.25, 0.3) is 16.7 Å². The van der Waals surface area contributed by atoms with Crippen molar-refractivity contribution in [3.05, 3.63) is 39.4 Å². The Labute approximate surface area is 176 Å². The van der Waals surface area contributed by atoms with E-state index in [-0.39, 0.29) is 5.56 Å². The van der Waals surface area contributed by atoms with E-state index < -0.39 is 0 Å². The van der Waals surface area contributed by atoms with E-state index >= 15 is 0 Å². The third-order valence-electron chi connectivity index (χ3n) is 6.15. The Hall–Kier alpha value is -1.99. The monoisotopic (exact) mass is 413 g/mol. The molecule has 1 fully saturated rings. The summed E-state index contributed by atoms with van der Waals surface area (Å²) in [6.45, 7) is 9.02. The van der Waals surface area contributed by atoms with Crippen LogP contribution in [0.15, 0.2) is 29.1 Å². The van der Waals surface area contributed by atoms with Crippen LogP contribution in [0.2, 0.25) is 0 Å². The zero-order valence-electron chi connectivity index (χ0n) is 17.7.